The molecule has 0 aromatic carbocycles. The van der Waals surface area contributed by atoms with Gasteiger partial charge in [-0.3, -0.25) is 9.59 Å². The van der Waals surface area contributed by atoms with Crippen molar-refractivity contribution in [2.75, 3.05) is 0 Å². The quantitative estimate of drug-likeness (QED) is 0.417. The lowest BCUT2D eigenvalue weighted by atomic mass is 9.46. The Bertz CT molecular complexity index is 979. The van der Waals surface area contributed by atoms with Crippen molar-refractivity contribution in [3.8, 4) is 0 Å². The Hall–Kier alpha value is -1.46. The molecule has 5 nitrogen and oxygen atoms in total. The highest BCUT2D eigenvalue weighted by Crippen LogP contribution is 2.67. The van der Waals surface area contributed by atoms with Gasteiger partial charge < -0.3 is 14.6 Å². The molecule has 1 heterocycles. The molecule has 194 valence electrons. The summed E-state index contributed by atoms with van der Waals surface area (Å²) < 4.78 is 12.0. The topological polar surface area (TPSA) is 76.1 Å². The van der Waals surface area contributed by atoms with E-state index in [1.165, 1.54) is 6.92 Å². The van der Waals surface area contributed by atoms with E-state index in [1.54, 1.807) is 12.2 Å². The summed E-state index contributed by atoms with van der Waals surface area (Å²) >= 11 is 0. The summed E-state index contributed by atoms with van der Waals surface area (Å²) in [6.07, 6.45) is 10.7. The van der Waals surface area contributed by atoms with Crippen LogP contribution in [0.1, 0.15) is 87.0 Å². The summed E-state index contributed by atoms with van der Waals surface area (Å²) in [7, 11) is 0. The molecule has 4 aliphatic carbocycles. The highest BCUT2D eigenvalue weighted by Gasteiger charge is 2.64. The summed E-state index contributed by atoms with van der Waals surface area (Å²) in [5.41, 5.74) is 0.631. The van der Waals surface area contributed by atoms with Crippen LogP contribution >= 0.6 is 0 Å². The lowest BCUT2D eigenvalue weighted by Crippen LogP contribution is -2.55. The number of hydrogen-bond donors (Lipinski definition) is 1. The van der Waals surface area contributed by atoms with E-state index in [1.807, 2.05) is 0 Å². The van der Waals surface area contributed by atoms with E-state index in [0.29, 0.717) is 24.2 Å². The number of ketones is 1. The number of ether oxygens (including phenoxy) is 2. The smallest absolute Gasteiger partial charge is 0.302 e. The Morgan fingerprint density at radius 3 is 2.49 bits per heavy atom. The predicted molar refractivity (Wildman–Crippen MR) is 134 cm³/mol. The van der Waals surface area contributed by atoms with Gasteiger partial charge in [-0.05, 0) is 100 Å². The molecule has 0 spiro atoms. The van der Waals surface area contributed by atoms with E-state index in [0.717, 1.165) is 37.7 Å². The standard InChI is InChI=1S/C30H44O5/c1-17(25(34-18(2)31)16-30(7)27(3,4)35-30)21-8-9-22-26-23(11-13-29(21,22)6)28(5)12-10-20(32)14-19(28)15-24(26)33/h10,12,14,17,21-26,33H,8-9,11,13,15-16H2,1-7H3/t17-,21+,22-,23-,24+,25-,26-,28-,29+,30+/m0/s1. The Morgan fingerprint density at radius 1 is 1.17 bits per heavy atom. The van der Waals surface area contributed by atoms with Gasteiger partial charge in [0.15, 0.2) is 5.78 Å². The zero-order valence-corrected chi connectivity index (χ0v) is 22.6. The van der Waals surface area contributed by atoms with E-state index in [-0.39, 0.29) is 51.7 Å². The minimum atomic E-state index is -0.402. The molecule has 5 heteroatoms. The van der Waals surface area contributed by atoms with Gasteiger partial charge in [-0.1, -0.05) is 32.4 Å². The van der Waals surface area contributed by atoms with E-state index in [9.17, 15) is 14.7 Å². The molecular formula is C30H44O5. The predicted octanol–water partition coefficient (Wildman–Crippen LogP) is 5.41. The molecule has 5 aliphatic rings. The molecule has 1 aliphatic heterocycles. The van der Waals surface area contributed by atoms with Crippen molar-refractivity contribution < 1.29 is 24.2 Å². The third-order valence-electron chi connectivity index (χ3n) is 11.5. The van der Waals surface area contributed by atoms with Gasteiger partial charge in [0, 0.05) is 18.8 Å². The number of aliphatic hydroxyl groups is 1. The van der Waals surface area contributed by atoms with Crippen LogP contribution in [-0.4, -0.2) is 40.3 Å². The molecule has 0 radical (unpaired) electrons. The number of carbonyl (C=O) groups is 2. The van der Waals surface area contributed by atoms with Crippen LogP contribution in [0.15, 0.2) is 23.8 Å². The molecular weight excluding hydrogens is 440 g/mol. The Kier molecular flexibility index (Phi) is 5.77. The van der Waals surface area contributed by atoms with Crippen LogP contribution in [-0.2, 0) is 19.1 Å². The molecule has 0 bridgehead atoms. The zero-order chi connectivity index (χ0) is 25.6. The molecule has 35 heavy (non-hydrogen) atoms. The Labute approximate surface area is 210 Å². The lowest BCUT2D eigenvalue weighted by molar-refractivity contribution is -0.154. The van der Waals surface area contributed by atoms with Crippen molar-refractivity contribution in [2.24, 2.45) is 40.4 Å². The summed E-state index contributed by atoms with van der Waals surface area (Å²) in [6, 6.07) is 0. The van der Waals surface area contributed by atoms with Crippen molar-refractivity contribution in [2.45, 2.75) is 110 Å². The fraction of sp³-hybridized carbons (Fsp3) is 0.800. The number of hydrogen-bond acceptors (Lipinski definition) is 5. The average Bonchev–Trinajstić information content (AvgIpc) is 3.07. The molecule has 0 aromatic heterocycles. The van der Waals surface area contributed by atoms with Crippen LogP contribution in [0.4, 0.5) is 0 Å². The van der Waals surface area contributed by atoms with Gasteiger partial charge in [-0.25, -0.2) is 0 Å². The molecule has 10 atom stereocenters. The highest BCUT2D eigenvalue weighted by molar-refractivity contribution is 6.01. The maximum Gasteiger partial charge on any atom is 0.302 e. The van der Waals surface area contributed by atoms with E-state index >= 15 is 0 Å². The third-order valence-corrected chi connectivity index (χ3v) is 11.5. The van der Waals surface area contributed by atoms with Crippen molar-refractivity contribution in [1.29, 1.82) is 0 Å². The second-order valence-electron chi connectivity index (χ2n) is 13.5. The van der Waals surface area contributed by atoms with Gasteiger partial charge in [0.1, 0.15) is 6.10 Å². The minimum Gasteiger partial charge on any atom is -0.462 e. The molecule has 5 rings (SSSR count). The van der Waals surface area contributed by atoms with Crippen LogP contribution in [0.3, 0.4) is 0 Å². The number of fused-ring (bicyclic) bond motifs is 5. The van der Waals surface area contributed by atoms with E-state index in [4.69, 9.17) is 9.47 Å². The second-order valence-corrected chi connectivity index (χ2v) is 13.5. The SMILES string of the molecule is CC(=O)O[C@@H](C[C@@]1(C)OC1(C)C)[C@@H](C)[C@H]1CC[C@H]2[C@@H]3[C@H](O)CC4=CC(=O)C=C[C@]4(C)[C@H]3CC[C@]12C. The first-order valence-electron chi connectivity index (χ1n) is 13.7. The van der Waals surface area contributed by atoms with Crippen LogP contribution < -0.4 is 0 Å². The lowest BCUT2D eigenvalue weighted by Gasteiger charge is -2.59. The number of allylic oxidation sites excluding steroid dienone is 3. The second kappa shape index (κ2) is 8.02. The van der Waals surface area contributed by atoms with Crippen molar-refractivity contribution in [3.05, 3.63) is 23.8 Å². The molecule has 1 saturated heterocycles. The van der Waals surface area contributed by atoms with Gasteiger partial charge in [-0.15, -0.1) is 0 Å². The van der Waals surface area contributed by atoms with Crippen molar-refractivity contribution in [1.82, 2.24) is 0 Å². The number of esters is 1. The van der Waals surface area contributed by atoms with Gasteiger partial charge in [0.2, 0.25) is 0 Å². The maximum absolute atomic E-state index is 12.1. The average molecular weight is 485 g/mol. The van der Waals surface area contributed by atoms with Crippen LogP contribution in [0.2, 0.25) is 0 Å². The fourth-order valence-corrected chi connectivity index (χ4v) is 9.09. The first kappa shape index (κ1) is 25.2. The van der Waals surface area contributed by atoms with Crippen molar-refractivity contribution >= 4 is 11.8 Å². The molecule has 0 amide bonds. The van der Waals surface area contributed by atoms with Crippen molar-refractivity contribution in [3.63, 3.8) is 0 Å². The minimum absolute atomic E-state index is 0.0477. The first-order chi connectivity index (χ1) is 16.2. The van der Waals surface area contributed by atoms with Gasteiger partial charge in [0.25, 0.3) is 0 Å². The monoisotopic (exact) mass is 484 g/mol. The van der Waals surface area contributed by atoms with Gasteiger partial charge >= 0.3 is 5.97 Å². The first-order valence-corrected chi connectivity index (χ1v) is 13.7. The normalized spacial score (nSPS) is 47.1. The zero-order valence-electron chi connectivity index (χ0n) is 22.6. The highest BCUT2D eigenvalue weighted by atomic mass is 16.6. The Balaban J connectivity index is 1.40. The summed E-state index contributed by atoms with van der Waals surface area (Å²) in [5, 5.41) is 11.4. The third kappa shape index (κ3) is 3.79. The van der Waals surface area contributed by atoms with Crippen LogP contribution in [0.25, 0.3) is 0 Å². The summed E-state index contributed by atoms with van der Waals surface area (Å²) in [5.74, 6) is 1.52. The van der Waals surface area contributed by atoms with Crippen LogP contribution in [0, 0.1) is 40.4 Å². The molecule has 4 fully saturated rings. The Morgan fingerprint density at radius 2 is 1.86 bits per heavy atom. The summed E-state index contributed by atoms with van der Waals surface area (Å²) in [6.45, 7) is 14.8. The molecule has 0 unspecified atom stereocenters. The number of aliphatic hydroxyl groups excluding tert-OH is 1. The van der Waals surface area contributed by atoms with E-state index in [2.05, 4.69) is 47.6 Å². The molecule has 0 aromatic rings. The number of rotatable bonds is 5. The van der Waals surface area contributed by atoms with Crippen LogP contribution in [0.5, 0.6) is 0 Å². The van der Waals surface area contributed by atoms with Gasteiger partial charge in [-0.2, -0.15) is 0 Å². The number of epoxide rings is 1. The fourth-order valence-electron chi connectivity index (χ4n) is 9.09. The summed E-state index contributed by atoms with van der Waals surface area (Å²) in [4.78, 5) is 24.2. The molecule has 1 N–H and O–H groups in total. The number of carbonyl (C=O) groups excluding carboxylic acids is 2. The largest absolute Gasteiger partial charge is 0.462 e. The van der Waals surface area contributed by atoms with Gasteiger partial charge in [0.05, 0.1) is 17.3 Å². The molecule has 3 saturated carbocycles. The maximum atomic E-state index is 12.1. The van der Waals surface area contributed by atoms with E-state index < -0.39 is 6.10 Å².